The molecule has 144 valence electrons. The molecule has 0 fully saturated rings. The van der Waals surface area contributed by atoms with E-state index in [0.29, 0.717) is 21.3 Å². The second-order valence-corrected chi connectivity index (χ2v) is 6.84. The molecule has 1 heterocycles. The molecule has 1 amide bonds. The van der Waals surface area contributed by atoms with E-state index in [0.717, 1.165) is 22.5 Å². The van der Waals surface area contributed by atoms with Crippen LogP contribution in [0, 0.1) is 11.3 Å². The Bertz CT molecular complexity index is 1080. The predicted octanol–water partition coefficient (Wildman–Crippen LogP) is 4.51. The van der Waals surface area contributed by atoms with Crippen LogP contribution in [0.1, 0.15) is 27.7 Å². The topological polar surface area (TPSA) is 92.1 Å². The van der Waals surface area contributed by atoms with Gasteiger partial charge in [-0.2, -0.15) is 5.26 Å². The van der Waals surface area contributed by atoms with Crippen LogP contribution in [0.5, 0.6) is 0 Å². The summed E-state index contributed by atoms with van der Waals surface area (Å²) < 4.78 is 5.11. The molecule has 0 aliphatic rings. The fraction of sp³-hybridized carbons (Fsp3) is 0.0909. The molecule has 3 rings (SSSR count). The Morgan fingerprint density at radius 3 is 2.55 bits per heavy atom. The maximum absolute atomic E-state index is 12.3. The van der Waals surface area contributed by atoms with Gasteiger partial charge in [0.15, 0.2) is 5.13 Å². The number of thiazole rings is 1. The summed E-state index contributed by atoms with van der Waals surface area (Å²) in [5.41, 5.74) is 2.57. The number of rotatable bonds is 6. The van der Waals surface area contributed by atoms with E-state index < -0.39 is 5.97 Å². The summed E-state index contributed by atoms with van der Waals surface area (Å²) in [6, 6.07) is 18.1. The third-order valence-electron chi connectivity index (χ3n) is 3.83. The zero-order valence-corrected chi connectivity index (χ0v) is 16.4. The predicted molar refractivity (Wildman–Crippen MR) is 112 cm³/mol. The molecule has 1 N–H and O–H groups in total. The highest BCUT2D eigenvalue weighted by Crippen LogP contribution is 2.31. The van der Waals surface area contributed by atoms with Gasteiger partial charge in [-0.15, -0.1) is 0 Å². The average molecular weight is 403 g/mol. The smallest absolute Gasteiger partial charge is 0.350 e. The van der Waals surface area contributed by atoms with Crippen molar-refractivity contribution in [2.45, 2.75) is 6.92 Å². The lowest BCUT2D eigenvalue weighted by molar-refractivity contribution is -0.111. The van der Waals surface area contributed by atoms with Gasteiger partial charge in [0.25, 0.3) is 0 Å². The number of amides is 1. The van der Waals surface area contributed by atoms with Crippen molar-refractivity contribution in [3.05, 3.63) is 76.7 Å². The van der Waals surface area contributed by atoms with E-state index in [1.54, 1.807) is 37.3 Å². The van der Waals surface area contributed by atoms with Crippen LogP contribution in [0.2, 0.25) is 0 Å². The van der Waals surface area contributed by atoms with Gasteiger partial charge in [0.1, 0.15) is 4.88 Å². The Hall–Kier alpha value is -3.76. The second kappa shape index (κ2) is 9.44. The molecule has 0 unspecified atom stereocenters. The highest BCUT2D eigenvalue weighted by Gasteiger charge is 2.21. The van der Waals surface area contributed by atoms with Crippen molar-refractivity contribution in [2.24, 2.45) is 0 Å². The molecule has 2 aromatic carbocycles. The molecule has 0 bridgehead atoms. The number of esters is 1. The first kappa shape index (κ1) is 20.0. The van der Waals surface area contributed by atoms with E-state index >= 15 is 0 Å². The molecular weight excluding hydrogens is 386 g/mol. The molecule has 0 spiro atoms. The summed E-state index contributed by atoms with van der Waals surface area (Å²) in [4.78, 5) is 29.3. The van der Waals surface area contributed by atoms with Crippen molar-refractivity contribution in [1.29, 1.82) is 5.26 Å². The van der Waals surface area contributed by atoms with Crippen molar-refractivity contribution < 1.29 is 14.3 Å². The van der Waals surface area contributed by atoms with Gasteiger partial charge in [-0.3, -0.25) is 10.1 Å². The van der Waals surface area contributed by atoms with Gasteiger partial charge in [-0.05, 0) is 30.7 Å². The van der Waals surface area contributed by atoms with Crippen molar-refractivity contribution >= 4 is 34.4 Å². The Balaban J connectivity index is 1.79. The number of ether oxygens (including phenoxy) is 1. The second-order valence-electron chi connectivity index (χ2n) is 5.84. The Kier molecular flexibility index (Phi) is 6.51. The molecule has 0 radical (unpaired) electrons. The fourth-order valence-corrected chi connectivity index (χ4v) is 3.37. The number of carbonyl (C=O) groups is 2. The molecule has 29 heavy (non-hydrogen) atoms. The molecule has 0 saturated carbocycles. The van der Waals surface area contributed by atoms with Crippen LogP contribution in [-0.4, -0.2) is 23.5 Å². The largest absolute Gasteiger partial charge is 0.462 e. The third-order valence-corrected chi connectivity index (χ3v) is 4.78. The molecule has 0 aliphatic heterocycles. The van der Waals surface area contributed by atoms with Crippen LogP contribution < -0.4 is 5.32 Å². The molecule has 7 heteroatoms. The monoisotopic (exact) mass is 403 g/mol. The number of nitrogens with zero attached hydrogens (tertiary/aromatic N) is 2. The zero-order chi connectivity index (χ0) is 20.6. The molecule has 0 aliphatic carbocycles. The Morgan fingerprint density at radius 1 is 1.17 bits per heavy atom. The third kappa shape index (κ3) is 5.15. The van der Waals surface area contributed by atoms with Crippen LogP contribution >= 0.6 is 11.3 Å². The summed E-state index contributed by atoms with van der Waals surface area (Å²) in [7, 11) is 0. The van der Waals surface area contributed by atoms with Gasteiger partial charge < -0.3 is 4.74 Å². The van der Waals surface area contributed by atoms with Gasteiger partial charge in [0, 0.05) is 11.6 Å². The van der Waals surface area contributed by atoms with Crippen LogP contribution in [0.4, 0.5) is 5.13 Å². The lowest BCUT2D eigenvalue weighted by Crippen LogP contribution is -2.07. The van der Waals surface area contributed by atoms with E-state index in [9.17, 15) is 9.59 Å². The first-order chi connectivity index (χ1) is 14.1. The lowest BCUT2D eigenvalue weighted by Gasteiger charge is -2.01. The molecule has 0 saturated heterocycles. The molecule has 1 aromatic heterocycles. The highest BCUT2D eigenvalue weighted by molar-refractivity contribution is 7.18. The summed E-state index contributed by atoms with van der Waals surface area (Å²) in [6.07, 6.45) is 3.00. The van der Waals surface area contributed by atoms with E-state index in [1.165, 1.54) is 6.08 Å². The molecule has 3 aromatic rings. The highest BCUT2D eigenvalue weighted by atomic mass is 32.1. The van der Waals surface area contributed by atoms with Crippen LogP contribution in [-0.2, 0) is 9.53 Å². The summed E-state index contributed by atoms with van der Waals surface area (Å²) in [6.45, 7) is 1.98. The van der Waals surface area contributed by atoms with Gasteiger partial charge in [-0.1, -0.05) is 53.8 Å². The number of hydrogen-bond donors (Lipinski definition) is 1. The van der Waals surface area contributed by atoms with Crippen LogP contribution in [0.25, 0.3) is 17.3 Å². The van der Waals surface area contributed by atoms with Gasteiger partial charge in [0.05, 0.1) is 23.9 Å². The first-order valence-corrected chi connectivity index (χ1v) is 9.65. The minimum absolute atomic E-state index is 0.250. The molecular formula is C22H17N3O3S. The van der Waals surface area contributed by atoms with E-state index in [2.05, 4.69) is 10.3 Å². The van der Waals surface area contributed by atoms with Gasteiger partial charge in [0.2, 0.25) is 5.91 Å². The Labute approximate surface area is 172 Å². The molecule has 6 nitrogen and oxygen atoms in total. The van der Waals surface area contributed by atoms with Crippen molar-refractivity contribution in [2.75, 3.05) is 11.9 Å². The number of nitriles is 1. The maximum Gasteiger partial charge on any atom is 0.350 e. The average Bonchev–Trinajstić information content (AvgIpc) is 3.17. The van der Waals surface area contributed by atoms with Crippen molar-refractivity contribution in [3.8, 4) is 17.3 Å². The number of benzene rings is 2. The minimum Gasteiger partial charge on any atom is -0.462 e. The summed E-state index contributed by atoms with van der Waals surface area (Å²) in [5.74, 6) is -0.851. The normalized spacial score (nSPS) is 10.5. The molecule has 0 atom stereocenters. The van der Waals surface area contributed by atoms with Crippen LogP contribution in [0.15, 0.2) is 60.7 Å². The van der Waals surface area contributed by atoms with Gasteiger partial charge in [-0.25, -0.2) is 9.78 Å². The quantitative estimate of drug-likeness (QED) is 0.483. The Morgan fingerprint density at radius 2 is 1.90 bits per heavy atom. The van der Waals surface area contributed by atoms with E-state index in [1.807, 2.05) is 36.4 Å². The first-order valence-electron chi connectivity index (χ1n) is 8.83. The summed E-state index contributed by atoms with van der Waals surface area (Å²) in [5, 5.41) is 11.8. The standard InChI is InChI=1S/C22H17N3O3S/c1-2-28-21(27)20-19(17-6-4-3-5-7-17)25-22(29-20)24-18(26)13-12-15-8-10-16(14-23)11-9-15/h3-13H,2H2,1H3,(H,24,25,26)/b13-12+. The number of anilines is 1. The zero-order valence-electron chi connectivity index (χ0n) is 15.6. The number of aromatic nitrogens is 1. The number of nitrogens with one attached hydrogen (secondary N) is 1. The van der Waals surface area contributed by atoms with Gasteiger partial charge >= 0.3 is 5.97 Å². The van der Waals surface area contributed by atoms with E-state index in [4.69, 9.17) is 10.00 Å². The maximum atomic E-state index is 12.3. The number of hydrogen-bond acceptors (Lipinski definition) is 6. The van der Waals surface area contributed by atoms with Crippen LogP contribution in [0.3, 0.4) is 0 Å². The summed E-state index contributed by atoms with van der Waals surface area (Å²) >= 11 is 1.07. The van der Waals surface area contributed by atoms with Crippen molar-refractivity contribution in [3.63, 3.8) is 0 Å². The van der Waals surface area contributed by atoms with E-state index in [-0.39, 0.29) is 12.5 Å². The SMILES string of the molecule is CCOC(=O)c1sc(NC(=O)/C=C/c2ccc(C#N)cc2)nc1-c1ccccc1. The lowest BCUT2D eigenvalue weighted by atomic mass is 10.1. The van der Waals surface area contributed by atoms with Crippen molar-refractivity contribution in [1.82, 2.24) is 4.98 Å². The fourth-order valence-electron chi connectivity index (χ4n) is 2.49. The number of carbonyl (C=O) groups excluding carboxylic acids is 2. The minimum atomic E-state index is -0.475.